The van der Waals surface area contributed by atoms with Crippen LogP contribution in [0.25, 0.3) is 0 Å². The minimum Gasteiger partial charge on any atom is -0.361 e. The van der Waals surface area contributed by atoms with E-state index in [0.29, 0.717) is 0 Å². The van der Waals surface area contributed by atoms with Crippen LogP contribution in [0.4, 0.5) is 10.5 Å². The molecule has 1 saturated heterocycles. The maximum absolute atomic E-state index is 12.8. The van der Waals surface area contributed by atoms with Crippen molar-refractivity contribution in [2.45, 2.75) is 46.6 Å². The number of anilines is 1. The zero-order valence-corrected chi connectivity index (χ0v) is 14.1. The van der Waals surface area contributed by atoms with E-state index >= 15 is 0 Å². The molecule has 5 heteroatoms. The topological polar surface area (TPSA) is 58.4 Å². The van der Waals surface area contributed by atoms with Gasteiger partial charge in [0.1, 0.15) is 5.76 Å². The van der Waals surface area contributed by atoms with Gasteiger partial charge in [0, 0.05) is 17.8 Å². The number of urea groups is 1. The van der Waals surface area contributed by atoms with Gasteiger partial charge in [-0.05, 0) is 57.7 Å². The Morgan fingerprint density at radius 1 is 1.30 bits per heavy atom. The lowest BCUT2D eigenvalue weighted by Crippen LogP contribution is -2.35. The fraction of sp³-hybridized carbons (Fsp3) is 0.444. The van der Waals surface area contributed by atoms with E-state index in [9.17, 15) is 4.79 Å². The number of carbonyl (C=O) groups is 1. The predicted molar refractivity (Wildman–Crippen MR) is 89.6 cm³/mol. The molecule has 0 radical (unpaired) electrons. The summed E-state index contributed by atoms with van der Waals surface area (Å²) in [6.45, 7) is 8.68. The molecule has 1 fully saturated rings. The van der Waals surface area contributed by atoms with Gasteiger partial charge in [0.05, 0.1) is 11.7 Å². The molecular formula is C18H23N3O2. The lowest BCUT2D eigenvalue weighted by atomic mass is 10.0. The average molecular weight is 313 g/mol. The van der Waals surface area contributed by atoms with E-state index in [1.807, 2.05) is 50.8 Å². The number of hydrogen-bond donors (Lipinski definition) is 1. The summed E-state index contributed by atoms with van der Waals surface area (Å²) in [6.07, 6.45) is 1.94. The number of benzene rings is 1. The quantitative estimate of drug-likeness (QED) is 0.900. The summed E-state index contributed by atoms with van der Waals surface area (Å²) >= 11 is 0. The van der Waals surface area contributed by atoms with Gasteiger partial charge in [-0.3, -0.25) is 0 Å². The first-order chi connectivity index (χ1) is 11.0. The predicted octanol–water partition coefficient (Wildman–Crippen LogP) is 4.28. The smallest absolute Gasteiger partial charge is 0.322 e. The summed E-state index contributed by atoms with van der Waals surface area (Å²) in [6, 6.07) is 5.95. The summed E-state index contributed by atoms with van der Waals surface area (Å²) in [4.78, 5) is 14.7. The summed E-state index contributed by atoms with van der Waals surface area (Å²) in [7, 11) is 0. The second kappa shape index (κ2) is 6.07. The third-order valence-electron chi connectivity index (χ3n) is 4.78. The summed E-state index contributed by atoms with van der Waals surface area (Å²) in [5.74, 6) is 0.805. The molecule has 1 aromatic carbocycles. The van der Waals surface area contributed by atoms with Crippen molar-refractivity contribution in [1.82, 2.24) is 10.1 Å². The van der Waals surface area contributed by atoms with E-state index in [0.717, 1.165) is 47.7 Å². The van der Waals surface area contributed by atoms with Crippen LogP contribution in [-0.2, 0) is 0 Å². The van der Waals surface area contributed by atoms with Crippen molar-refractivity contribution in [2.75, 3.05) is 11.9 Å². The molecule has 2 amide bonds. The number of nitrogens with zero attached hydrogens (tertiary/aromatic N) is 2. The van der Waals surface area contributed by atoms with Gasteiger partial charge in [-0.1, -0.05) is 17.3 Å². The average Bonchev–Trinajstić information content (AvgIpc) is 3.10. The molecule has 0 bridgehead atoms. The Labute approximate surface area is 136 Å². The number of rotatable bonds is 2. The van der Waals surface area contributed by atoms with Crippen molar-refractivity contribution < 1.29 is 9.32 Å². The minimum absolute atomic E-state index is 0.0476. The standard InChI is InChI=1S/C18H23N3O2/c1-11-7-5-8-15(12(11)2)19-18(22)21-10-6-9-16(21)17-13(3)20-23-14(17)4/h5,7-8,16H,6,9-10H2,1-4H3,(H,19,22)/t16-/m0/s1. The first kappa shape index (κ1) is 15.6. The minimum atomic E-state index is -0.0544. The highest BCUT2D eigenvalue weighted by Gasteiger charge is 2.34. The maximum Gasteiger partial charge on any atom is 0.322 e. The zero-order chi connectivity index (χ0) is 16.6. The van der Waals surface area contributed by atoms with Crippen LogP contribution in [-0.4, -0.2) is 22.6 Å². The number of amides is 2. The Bertz CT molecular complexity index is 716. The van der Waals surface area contributed by atoms with E-state index in [2.05, 4.69) is 10.5 Å². The van der Waals surface area contributed by atoms with Crippen LogP contribution in [0.2, 0.25) is 0 Å². The van der Waals surface area contributed by atoms with Gasteiger partial charge in [0.15, 0.2) is 0 Å². The molecule has 2 aromatic rings. The highest BCUT2D eigenvalue weighted by molar-refractivity contribution is 5.90. The van der Waals surface area contributed by atoms with E-state index in [1.54, 1.807) is 0 Å². The SMILES string of the molecule is Cc1cccc(NC(=O)N2CCC[C@H]2c2c(C)noc2C)c1C. The van der Waals surface area contributed by atoms with Crippen molar-refractivity contribution in [3.05, 3.63) is 46.3 Å². The van der Waals surface area contributed by atoms with Gasteiger partial charge in [-0.2, -0.15) is 0 Å². The normalized spacial score (nSPS) is 17.6. The van der Waals surface area contributed by atoms with Crippen molar-refractivity contribution in [2.24, 2.45) is 0 Å². The Hall–Kier alpha value is -2.30. The van der Waals surface area contributed by atoms with Gasteiger partial charge < -0.3 is 14.7 Å². The lowest BCUT2D eigenvalue weighted by Gasteiger charge is -2.25. The largest absolute Gasteiger partial charge is 0.361 e. The lowest BCUT2D eigenvalue weighted by molar-refractivity contribution is 0.206. The summed E-state index contributed by atoms with van der Waals surface area (Å²) < 4.78 is 5.28. The van der Waals surface area contributed by atoms with Crippen LogP contribution in [0.15, 0.2) is 22.7 Å². The third-order valence-corrected chi connectivity index (χ3v) is 4.78. The first-order valence-corrected chi connectivity index (χ1v) is 8.05. The van der Waals surface area contributed by atoms with E-state index < -0.39 is 0 Å². The molecule has 0 saturated carbocycles. The maximum atomic E-state index is 12.8. The first-order valence-electron chi connectivity index (χ1n) is 8.05. The van der Waals surface area contributed by atoms with Gasteiger partial charge >= 0.3 is 6.03 Å². The third kappa shape index (κ3) is 2.83. The molecule has 122 valence electrons. The van der Waals surface area contributed by atoms with Gasteiger partial charge in [0.25, 0.3) is 0 Å². The van der Waals surface area contributed by atoms with Crippen molar-refractivity contribution in [3.8, 4) is 0 Å². The molecule has 3 rings (SSSR count). The van der Waals surface area contributed by atoms with Gasteiger partial charge in [-0.15, -0.1) is 0 Å². The number of aryl methyl sites for hydroxylation is 3. The molecule has 0 unspecified atom stereocenters. The molecule has 0 aliphatic carbocycles. The molecule has 1 aliphatic rings. The van der Waals surface area contributed by atoms with E-state index in [-0.39, 0.29) is 12.1 Å². The highest BCUT2D eigenvalue weighted by atomic mass is 16.5. The molecular weight excluding hydrogens is 290 g/mol. The molecule has 1 N–H and O–H groups in total. The summed E-state index contributed by atoms with van der Waals surface area (Å²) in [5, 5.41) is 7.09. The second-order valence-electron chi connectivity index (χ2n) is 6.27. The van der Waals surface area contributed by atoms with Crippen LogP contribution in [0.3, 0.4) is 0 Å². The van der Waals surface area contributed by atoms with Crippen LogP contribution < -0.4 is 5.32 Å². The van der Waals surface area contributed by atoms with Crippen LogP contribution in [0, 0.1) is 27.7 Å². The van der Waals surface area contributed by atoms with E-state index in [4.69, 9.17) is 4.52 Å². The molecule has 1 aromatic heterocycles. The molecule has 1 atom stereocenters. The number of hydrogen-bond acceptors (Lipinski definition) is 3. The number of likely N-dealkylation sites (tertiary alicyclic amines) is 1. The zero-order valence-electron chi connectivity index (χ0n) is 14.1. The van der Waals surface area contributed by atoms with Gasteiger partial charge in [0.2, 0.25) is 0 Å². The van der Waals surface area contributed by atoms with Crippen LogP contribution >= 0.6 is 0 Å². The Morgan fingerprint density at radius 2 is 2.09 bits per heavy atom. The second-order valence-corrected chi connectivity index (χ2v) is 6.27. The van der Waals surface area contributed by atoms with Crippen molar-refractivity contribution in [1.29, 1.82) is 0 Å². The molecule has 5 nitrogen and oxygen atoms in total. The number of nitrogens with one attached hydrogen (secondary N) is 1. The highest BCUT2D eigenvalue weighted by Crippen LogP contribution is 2.36. The summed E-state index contributed by atoms with van der Waals surface area (Å²) in [5.41, 5.74) is 5.08. The fourth-order valence-electron chi connectivity index (χ4n) is 3.35. The van der Waals surface area contributed by atoms with Gasteiger partial charge in [-0.25, -0.2) is 4.79 Å². The monoisotopic (exact) mass is 313 g/mol. The van der Waals surface area contributed by atoms with Crippen LogP contribution in [0.5, 0.6) is 0 Å². The Balaban J connectivity index is 1.83. The van der Waals surface area contributed by atoms with Crippen molar-refractivity contribution in [3.63, 3.8) is 0 Å². The molecule has 0 spiro atoms. The number of carbonyl (C=O) groups excluding carboxylic acids is 1. The molecule has 2 heterocycles. The fourth-order valence-corrected chi connectivity index (χ4v) is 3.35. The van der Waals surface area contributed by atoms with Crippen LogP contribution in [0.1, 0.15) is 47.0 Å². The Morgan fingerprint density at radius 3 is 2.78 bits per heavy atom. The number of aromatic nitrogens is 1. The van der Waals surface area contributed by atoms with E-state index in [1.165, 1.54) is 5.56 Å². The Kier molecular flexibility index (Phi) is 4.11. The van der Waals surface area contributed by atoms with Crippen molar-refractivity contribution >= 4 is 11.7 Å². The molecule has 23 heavy (non-hydrogen) atoms. The molecule has 1 aliphatic heterocycles.